The molecule has 0 aromatic carbocycles. The van der Waals surface area contributed by atoms with Gasteiger partial charge in [-0.15, -0.1) is 0 Å². The monoisotopic (exact) mass is 444 g/mol. The molecule has 1 saturated carbocycles. The van der Waals surface area contributed by atoms with Gasteiger partial charge < -0.3 is 14.8 Å². The normalized spacial score (nSPS) is 13.3. The van der Waals surface area contributed by atoms with Gasteiger partial charge in [-0.3, -0.25) is 4.79 Å². The first-order chi connectivity index (χ1) is 16.2. The largest absolute Gasteiger partial charge is 0.474 e. The number of carbonyl (C=O) groups excluding carboxylic acids is 1. The van der Waals surface area contributed by atoms with Crippen molar-refractivity contribution < 1.29 is 14.3 Å². The highest BCUT2D eigenvalue weighted by atomic mass is 16.5. The fraction of sp³-hybridized carbons (Fsp3) is 0.292. The number of rotatable bonds is 8. The molecule has 168 valence electrons. The number of amides is 1. The highest BCUT2D eigenvalue weighted by Gasteiger charge is 2.29. The summed E-state index contributed by atoms with van der Waals surface area (Å²) < 4.78 is 12.4. The van der Waals surface area contributed by atoms with E-state index in [1.807, 2.05) is 31.2 Å². The van der Waals surface area contributed by atoms with E-state index >= 15 is 0 Å². The van der Waals surface area contributed by atoms with Crippen molar-refractivity contribution in [2.75, 3.05) is 25.6 Å². The number of hydrogen-bond donors (Lipinski definition) is 1. The van der Waals surface area contributed by atoms with Crippen LogP contribution in [-0.4, -0.2) is 51.0 Å². The average molecular weight is 444 g/mol. The van der Waals surface area contributed by atoms with Gasteiger partial charge in [-0.1, -0.05) is 6.07 Å². The fourth-order valence-corrected chi connectivity index (χ4v) is 3.73. The third-order valence-electron chi connectivity index (χ3n) is 5.48. The highest BCUT2D eigenvalue weighted by Crippen LogP contribution is 2.41. The molecule has 4 aromatic rings. The van der Waals surface area contributed by atoms with Crippen LogP contribution in [0.15, 0.2) is 48.8 Å². The van der Waals surface area contributed by atoms with E-state index in [9.17, 15) is 4.79 Å². The minimum atomic E-state index is -0.266. The van der Waals surface area contributed by atoms with Crippen LogP contribution in [0, 0.1) is 6.92 Å². The molecule has 0 bridgehead atoms. The van der Waals surface area contributed by atoms with Crippen molar-refractivity contribution in [1.29, 1.82) is 0 Å². The van der Waals surface area contributed by atoms with Crippen LogP contribution in [-0.2, 0) is 4.74 Å². The topological polar surface area (TPSA) is 104 Å². The third-order valence-corrected chi connectivity index (χ3v) is 5.48. The molecule has 0 atom stereocenters. The molecule has 0 aliphatic heterocycles. The van der Waals surface area contributed by atoms with Crippen LogP contribution in [0.4, 0.5) is 5.69 Å². The summed E-state index contributed by atoms with van der Waals surface area (Å²) >= 11 is 0. The van der Waals surface area contributed by atoms with Gasteiger partial charge in [0, 0.05) is 31.1 Å². The van der Waals surface area contributed by atoms with E-state index in [0.29, 0.717) is 58.8 Å². The van der Waals surface area contributed by atoms with Crippen molar-refractivity contribution in [3.63, 3.8) is 0 Å². The van der Waals surface area contributed by atoms with Crippen molar-refractivity contribution >= 4 is 22.6 Å². The molecule has 9 heteroatoms. The van der Waals surface area contributed by atoms with Crippen LogP contribution in [0.5, 0.6) is 5.88 Å². The van der Waals surface area contributed by atoms with E-state index in [-0.39, 0.29) is 5.91 Å². The number of pyridine rings is 3. The molecule has 0 radical (unpaired) electrons. The molecule has 1 N–H and O–H groups in total. The number of aryl methyl sites for hydroxylation is 1. The molecule has 5 rings (SSSR count). The van der Waals surface area contributed by atoms with E-state index in [4.69, 9.17) is 14.5 Å². The summed E-state index contributed by atoms with van der Waals surface area (Å²) in [6.07, 6.45) is 5.46. The van der Waals surface area contributed by atoms with Crippen LogP contribution < -0.4 is 10.1 Å². The summed E-state index contributed by atoms with van der Waals surface area (Å²) in [6.45, 7) is 2.63. The molecule has 1 aliphatic carbocycles. The Labute approximate surface area is 190 Å². The van der Waals surface area contributed by atoms with Crippen LogP contribution in [0.25, 0.3) is 16.9 Å². The number of fused-ring (bicyclic) bond motifs is 1. The first kappa shape index (κ1) is 21.0. The second-order valence-corrected chi connectivity index (χ2v) is 7.90. The molecule has 0 spiro atoms. The zero-order valence-corrected chi connectivity index (χ0v) is 18.5. The van der Waals surface area contributed by atoms with E-state index in [1.54, 1.807) is 36.3 Å². The van der Waals surface area contributed by atoms with Crippen molar-refractivity contribution in [2.24, 2.45) is 0 Å². The zero-order chi connectivity index (χ0) is 22.8. The van der Waals surface area contributed by atoms with Crippen molar-refractivity contribution in [2.45, 2.75) is 25.7 Å². The van der Waals surface area contributed by atoms with Crippen molar-refractivity contribution in [3.8, 4) is 11.7 Å². The van der Waals surface area contributed by atoms with Gasteiger partial charge in [-0.25, -0.2) is 15.0 Å². The Morgan fingerprint density at radius 2 is 2.00 bits per heavy atom. The van der Waals surface area contributed by atoms with E-state index < -0.39 is 0 Å². The standard InChI is InChI=1S/C24H24N6O3/c1-15-21-17(23(31)28-18-6-5-11-26-24(18)33-13-12-32-2)14-19(16-8-9-16)27-22(21)30(29-15)20-7-3-4-10-25-20/h3-7,10-11,14,16H,8-9,12-13H2,1-2H3,(H,28,31). The molecule has 1 aliphatic rings. The Morgan fingerprint density at radius 3 is 2.76 bits per heavy atom. The smallest absolute Gasteiger partial charge is 0.256 e. The molecule has 33 heavy (non-hydrogen) atoms. The maximum Gasteiger partial charge on any atom is 0.256 e. The van der Waals surface area contributed by atoms with Crippen LogP contribution >= 0.6 is 0 Å². The van der Waals surface area contributed by atoms with Gasteiger partial charge in [0.1, 0.15) is 12.3 Å². The zero-order valence-electron chi connectivity index (χ0n) is 18.5. The number of aromatic nitrogens is 5. The molecule has 0 saturated heterocycles. The van der Waals surface area contributed by atoms with Gasteiger partial charge in [-0.05, 0) is 50.1 Å². The number of ether oxygens (including phenoxy) is 2. The number of hydrogen-bond acceptors (Lipinski definition) is 7. The first-order valence-corrected chi connectivity index (χ1v) is 10.9. The lowest BCUT2D eigenvalue weighted by Gasteiger charge is -2.12. The van der Waals surface area contributed by atoms with E-state index in [2.05, 4.69) is 20.4 Å². The average Bonchev–Trinajstić information content (AvgIpc) is 3.64. The third kappa shape index (κ3) is 4.27. The SMILES string of the molecule is COCCOc1ncccc1NC(=O)c1cc(C2CC2)nc2c1c(C)nn2-c1ccccn1. The molecule has 4 aromatic heterocycles. The maximum absolute atomic E-state index is 13.5. The van der Waals surface area contributed by atoms with Gasteiger partial charge in [-0.2, -0.15) is 9.78 Å². The molecule has 1 fully saturated rings. The van der Waals surface area contributed by atoms with Crippen molar-refractivity contribution in [1.82, 2.24) is 24.7 Å². The molecule has 4 heterocycles. The quantitative estimate of drug-likeness (QED) is 0.414. The minimum absolute atomic E-state index is 0.266. The van der Waals surface area contributed by atoms with Gasteiger partial charge in [0.2, 0.25) is 5.88 Å². The molecular weight excluding hydrogens is 420 g/mol. The number of nitrogens with one attached hydrogen (secondary N) is 1. The second kappa shape index (κ2) is 8.95. The van der Waals surface area contributed by atoms with Gasteiger partial charge in [0.15, 0.2) is 11.5 Å². The maximum atomic E-state index is 13.5. The van der Waals surface area contributed by atoms with Gasteiger partial charge in [0.25, 0.3) is 5.91 Å². The lowest BCUT2D eigenvalue weighted by molar-refractivity contribution is 0.102. The molecule has 0 unspecified atom stereocenters. The Kier molecular flexibility index (Phi) is 5.70. The lowest BCUT2D eigenvalue weighted by atomic mass is 10.1. The van der Waals surface area contributed by atoms with E-state index in [0.717, 1.165) is 18.5 Å². The minimum Gasteiger partial charge on any atom is -0.474 e. The Balaban J connectivity index is 1.56. The molecule has 1 amide bonds. The number of carbonyl (C=O) groups is 1. The Bertz CT molecular complexity index is 1300. The molecular formula is C24H24N6O3. The summed E-state index contributed by atoms with van der Waals surface area (Å²) in [6, 6.07) is 11.0. The first-order valence-electron chi connectivity index (χ1n) is 10.9. The lowest BCUT2D eigenvalue weighted by Crippen LogP contribution is -2.16. The predicted molar refractivity (Wildman–Crippen MR) is 123 cm³/mol. The molecule has 9 nitrogen and oxygen atoms in total. The highest BCUT2D eigenvalue weighted by molar-refractivity contribution is 6.13. The van der Waals surface area contributed by atoms with Gasteiger partial charge in [0.05, 0.1) is 23.3 Å². The second-order valence-electron chi connectivity index (χ2n) is 7.90. The van der Waals surface area contributed by atoms with Crippen LogP contribution in [0.1, 0.15) is 40.5 Å². The summed E-state index contributed by atoms with van der Waals surface area (Å²) in [7, 11) is 1.60. The fourth-order valence-electron chi connectivity index (χ4n) is 3.73. The van der Waals surface area contributed by atoms with E-state index in [1.165, 1.54) is 0 Å². The number of anilines is 1. The Hall–Kier alpha value is -3.85. The number of nitrogens with zero attached hydrogens (tertiary/aromatic N) is 5. The van der Waals surface area contributed by atoms with Crippen LogP contribution in [0.3, 0.4) is 0 Å². The van der Waals surface area contributed by atoms with Crippen molar-refractivity contribution in [3.05, 3.63) is 65.7 Å². The van der Waals surface area contributed by atoms with Crippen LogP contribution in [0.2, 0.25) is 0 Å². The Morgan fingerprint density at radius 1 is 1.15 bits per heavy atom. The summed E-state index contributed by atoms with van der Waals surface area (Å²) in [5.74, 6) is 1.09. The summed E-state index contributed by atoms with van der Waals surface area (Å²) in [5, 5.41) is 8.32. The summed E-state index contributed by atoms with van der Waals surface area (Å²) in [4.78, 5) is 27.0. The predicted octanol–water partition coefficient (Wildman–Crippen LogP) is 3.67. The number of methoxy groups -OCH3 is 1. The van der Waals surface area contributed by atoms with Gasteiger partial charge >= 0.3 is 0 Å². The summed E-state index contributed by atoms with van der Waals surface area (Å²) in [5.41, 5.74) is 3.24.